The lowest BCUT2D eigenvalue weighted by molar-refractivity contribution is -0.136. The molecule has 0 aromatic heterocycles. The zero-order valence-electron chi connectivity index (χ0n) is 14.8. The van der Waals surface area contributed by atoms with Gasteiger partial charge in [0.25, 0.3) is 0 Å². The number of nitrogens with zero attached hydrogens (tertiary/aromatic N) is 1. The summed E-state index contributed by atoms with van der Waals surface area (Å²) in [7, 11) is 0. The van der Waals surface area contributed by atoms with Gasteiger partial charge < -0.3 is 10.2 Å². The van der Waals surface area contributed by atoms with Crippen LogP contribution in [0.2, 0.25) is 10.0 Å². The Bertz CT molecular complexity index is 864. The fourth-order valence-electron chi connectivity index (χ4n) is 3.14. The van der Waals surface area contributed by atoms with Crippen LogP contribution in [0, 0.1) is 0 Å². The molecular weight excluding hydrogens is 451 g/mol. The van der Waals surface area contributed by atoms with Crippen molar-refractivity contribution in [2.45, 2.75) is 25.2 Å². The van der Waals surface area contributed by atoms with Crippen molar-refractivity contribution in [1.29, 1.82) is 0 Å². The summed E-state index contributed by atoms with van der Waals surface area (Å²) in [4.78, 5) is 27.2. The second-order valence-electron chi connectivity index (χ2n) is 6.56. The molecule has 1 saturated carbocycles. The van der Waals surface area contributed by atoms with Gasteiger partial charge in [0.1, 0.15) is 0 Å². The zero-order valence-corrected chi connectivity index (χ0v) is 17.9. The first-order chi connectivity index (χ1) is 12.9. The monoisotopic (exact) mass is 468 g/mol. The Morgan fingerprint density at radius 2 is 1.78 bits per heavy atom. The number of benzene rings is 2. The third-order valence-electron chi connectivity index (χ3n) is 4.77. The SMILES string of the molecule is CCN(CC(=O)Nc1c(Cl)cccc1Cl)C(=O)C1(c2cccc(Br)c2)CC1. The summed E-state index contributed by atoms with van der Waals surface area (Å²) in [6.45, 7) is 2.26. The molecular formula is C20H19BrCl2N2O2. The highest BCUT2D eigenvalue weighted by molar-refractivity contribution is 9.10. The Balaban J connectivity index is 1.73. The third kappa shape index (κ3) is 4.31. The smallest absolute Gasteiger partial charge is 0.244 e. The van der Waals surface area contributed by atoms with E-state index in [0.29, 0.717) is 22.3 Å². The third-order valence-corrected chi connectivity index (χ3v) is 5.89. The number of carbonyl (C=O) groups is 2. The molecule has 1 N–H and O–H groups in total. The molecule has 0 radical (unpaired) electrons. The number of carbonyl (C=O) groups excluding carboxylic acids is 2. The number of nitrogens with one attached hydrogen (secondary N) is 1. The molecule has 0 saturated heterocycles. The summed E-state index contributed by atoms with van der Waals surface area (Å²) < 4.78 is 0.938. The van der Waals surface area contributed by atoms with E-state index in [1.54, 1.807) is 23.1 Å². The van der Waals surface area contributed by atoms with Crippen LogP contribution in [-0.2, 0) is 15.0 Å². The lowest BCUT2D eigenvalue weighted by Gasteiger charge is -2.26. The fourth-order valence-corrected chi connectivity index (χ4v) is 4.03. The van der Waals surface area contributed by atoms with Crippen molar-refractivity contribution in [3.8, 4) is 0 Å². The van der Waals surface area contributed by atoms with Crippen molar-refractivity contribution < 1.29 is 9.59 Å². The van der Waals surface area contributed by atoms with Gasteiger partial charge in [-0.15, -0.1) is 0 Å². The lowest BCUT2D eigenvalue weighted by Crippen LogP contribution is -2.43. The van der Waals surface area contributed by atoms with Crippen LogP contribution < -0.4 is 5.32 Å². The molecule has 0 heterocycles. The van der Waals surface area contributed by atoms with E-state index in [1.807, 2.05) is 31.2 Å². The molecule has 142 valence electrons. The molecule has 1 aliphatic carbocycles. The molecule has 0 unspecified atom stereocenters. The van der Waals surface area contributed by atoms with Gasteiger partial charge >= 0.3 is 0 Å². The van der Waals surface area contributed by atoms with Gasteiger partial charge in [0.15, 0.2) is 0 Å². The number of hydrogen-bond donors (Lipinski definition) is 1. The number of amides is 2. The Morgan fingerprint density at radius 3 is 2.33 bits per heavy atom. The second kappa shape index (κ2) is 8.21. The molecule has 0 bridgehead atoms. The minimum Gasteiger partial charge on any atom is -0.333 e. The molecule has 0 atom stereocenters. The van der Waals surface area contributed by atoms with E-state index in [9.17, 15) is 9.59 Å². The quantitative estimate of drug-likeness (QED) is 0.625. The highest BCUT2D eigenvalue weighted by Gasteiger charge is 2.53. The molecule has 2 amide bonds. The van der Waals surface area contributed by atoms with E-state index in [-0.39, 0.29) is 18.4 Å². The maximum absolute atomic E-state index is 13.2. The van der Waals surface area contributed by atoms with Crippen molar-refractivity contribution in [2.24, 2.45) is 0 Å². The lowest BCUT2D eigenvalue weighted by atomic mass is 9.94. The highest BCUT2D eigenvalue weighted by atomic mass is 79.9. The molecule has 0 spiro atoms. The van der Waals surface area contributed by atoms with Crippen LogP contribution in [-0.4, -0.2) is 29.8 Å². The fraction of sp³-hybridized carbons (Fsp3) is 0.300. The predicted molar refractivity (Wildman–Crippen MR) is 112 cm³/mol. The summed E-state index contributed by atoms with van der Waals surface area (Å²) in [5, 5.41) is 3.43. The summed E-state index contributed by atoms with van der Waals surface area (Å²) >= 11 is 15.7. The summed E-state index contributed by atoms with van der Waals surface area (Å²) in [6, 6.07) is 12.8. The van der Waals surface area contributed by atoms with Gasteiger partial charge in [-0.05, 0) is 49.6 Å². The number of hydrogen-bond acceptors (Lipinski definition) is 2. The normalized spacial score (nSPS) is 14.5. The van der Waals surface area contributed by atoms with Gasteiger partial charge in [-0.25, -0.2) is 0 Å². The van der Waals surface area contributed by atoms with E-state index in [2.05, 4.69) is 21.2 Å². The maximum Gasteiger partial charge on any atom is 0.244 e. The van der Waals surface area contributed by atoms with Gasteiger partial charge in [-0.3, -0.25) is 9.59 Å². The topological polar surface area (TPSA) is 49.4 Å². The Hall–Kier alpha value is -1.56. The number of para-hydroxylation sites is 1. The number of halogens is 3. The molecule has 2 aromatic rings. The Morgan fingerprint density at radius 1 is 1.15 bits per heavy atom. The summed E-state index contributed by atoms with van der Waals surface area (Å²) in [5.74, 6) is -0.353. The first kappa shape index (κ1) is 20.2. The van der Waals surface area contributed by atoms with Crippen LogP contribution in [0.4, 0.5) is 5.69 Å². The van der Waals surface area contributed by atoms with Crippen molar-refractivity contribution in [1.82, 2.24) is 4.90 Å². The number of anilines is 1. The van der Waals surface area contributed by atoms with E-state index >= 15 is 0 Å². The molecule has 1 fully saturated rings. The molecule has 1 aliphatic rings. The minimum atomic E-state index is -0.526. The standard InChI is InChI=1S/C20H19BrCl2N2O2/c1-2-25(12-17(26)24-18-15(22)7-4-8-16(18)23)19(27)20(9-10-20)13-5-3-6-14(21)11-13/h3-8,11H,2,9-10,12H2,1H3,(H,24,26). The van der Waals surface area contributed by atoms with E-state index in [1.165, 1.54) is 0 Å². The first-order valence-corrected chi connectivity index (χ1v) is 10.2. The molecule has 3 rings (SSSR count). The summed E-state index contributed by atoms with van der Waals surface area (Å²) in [5.41, 5.74) is 0.819. The van der Waals surface area contributed by atoms with Crippen LogP contribution in [0.25, 0.3) is 0 Å². The van der Waals surface area contributed by atoms with Crippen molar-refractivity contribution >= 4 is 56.6 Å². The summed E-state index contributed by atoms with van der Waals surface area (Å²) in [6.07, 6.45) is 1.58. The van der Waals surface area contributed by atoms with Gasteiger partial charge in [0.2, 0.25) is 11.8 Å². The van der Waals surface area contributed by atoms with Gasteiger partial charge in [-0.1, -0.05) is 57.3 Å². The van der Waals surface area contributed by atoms with Crippen LogP contribution >= 0.6 is 39.1 Å². The van der Waals surface area contributed by atoms with Gasteiger partial charge in [0.05, 0.1) is 27.7 Å². The predicted octanol–water partition coefficient (Wildman–Crippen LogP) is 5.27. The average molecular weight is 470 g/mol. The maximum atomic E-state index is 13.2. The minimum absolute atomic E-state index is 0.0245. The van der Waals surface area contributed by atoms with Crippen LogP contribution in [0.1, 0.15) is 25.3 Å². The molecule has 0 aliphatic heterocycles. The van der Waals surface area contributed by atoms with Crippen molar-refractivity contribution in [3.63, 3.8) is 0 Å². The first-order valence-electron chi connectivity index (χ1n) is 8.66. The largest absolute Gasteiger partial charge is 0.333 e. The van der Waals surface area contributed by atoms with Crippen LogP contribution in [0.5, 0.6) is 0 Å². The Kier molecular flexibility index (Phi) is 6.14. The van der Waals surface area contributed by atoms with Gasteiger partial charge in [-0.2, -0.15) is 0 Å². The molecule has 7 heteroatoms. The van der Waals surface area contributed by atoms with E-state index < -0.39 is 5.41 Å². The van der Waals surface area contributed by atoms with Crippen LogP contribution in [0.15, 0.2) is 46.9 Å². The number of likely N-dealkylation sites (N-methyl/N-ethyl adjacent to an activating group) is 1. The highest BCUT2D eigenvalue weighted by Crippen LogP contribution is 2.50. The zero-order chi connectivity index (χ0) is 19.6. The molecule has 4 nitrogen and oxygen atoms in total. The second-order valence-corrected chi connectivity index (χ2v) is 8.29. The van der Waals surface area contributed by atoms with Crippen LogP contribution in [0.3, 0.4) is 0 Å². The Labute approximate surface area is 177 Å². The average Bonchev–Trinajstić information content (AvgIpc) is 3.44. The van der Waals surface area contributed by atoms with Crippen molar-refractivity contribution in [2.75, 3.05) is 18.4 Å². The van der Waals surface area contributed by atoms with Gasteiger partial charge in [0, 0.05) is 11.0 Å². The van der Waals surface area contributed by atoms with E-state index in [0.717, 1.165) is 22.9 Å². The van der Waals surface area contributed by atoms with Crippen molar-refractivity contribution in [3.05, 3.63) is 62.5 Å². The van der Waals surface area contributed by atoms with E-state index in [4.69, 9.17) is 23.2 Å². The number of rotatable bonds is 6. The molecule has 27 heavy (non-hydrogen) atoms. The molecule has 2 aromatic carbocycles.